The van der Waals surface area contributed by atoms with Gasteiger partial charge in [0.1, 0.15) is 11.8 Å². The maximum absolute atomic E-state index is 11.5. The van der Waals surface area contributed by atoms with Gasteiger partial charge in [0.2, 0.25) is 0 Å². The van der Waals surface area contributed by atoms with E-state index in [1.165, 1.54) is 12.8 Å². The van der Waals surface area contributed by atoms with Crippen LogP contribution in [-0.2, 0) is 16.0 Å². The maximum Gasteiger partial charge on any atom is 0.323 e. The van der Waals surface area contributed by atoms with E-state index in [1.807, 2.05) is 24.3 Å². The molecule has 1 aromatic carbocycles. The average molecular weight is 279 g/mol. The van der Waals surface area contributed by atoms with Crippen LogP contribution in [0, 0.1) is 0 Å². The maximum atomic E-state index is 11.5. The van der Waals surface area contributed by atoms with Crippen molar-refractivity contribution in [1.82, 2.24) is 0 Å². The highest BCUT2D eigenvalue weighted by molar-refractivity contribution is 5.75. The minimum atomic E-state index is -0.620. The number of esters is 1. The highest BCUT2D eigenvalue weighted by Gasteiger charge is 2.15. The summed E-state index contributed by atoms with van der Waals surface area (Å²) in [7, 11) is 0. The second kappa shape index (κ2) is 9.37. The molecule has 2 N–H and O–H groups in total. The van der Waals surface area contributed by atoms with Gasteiger partial charge in [-0.15, -0.1) is 0 Å². The zero-order valence-electron chi connectivity index (χ0n) is 12.4. The molecule has 1 atom stereocenters. The first kappa shape index (κ1) is 16.5. The summed E-state index contributed by atoms with van der Waals surface area (Å²) in [4.78, 5) is 11.5. The van der Waals surface area contributed by atoms with Crippen LogP contribution in [0.5, 0.6) is 5.75 Å². The predicted octanol–water partition coefficient (Wildman–Crippen LogP) is 2.69. The van der Waals surface area contributed by atoms with Gasteiger partial charge in [0.25, 0.3) is 0 Å². The normalized spacial score (nSPS) is 11.9. The van der Waals surface area contributed by atoms with Crippen molar-refractivity contribution < 1.29 is 14.3 Å². The first-order valence-electron chi connectivity index (χ1n) is 7.31. The van der Waals surface area contributed by atoms with E-state index in [0.29, 0.717) is 13.0 Å². The van der Waals surface area contributed by atoms with Gasteiger partial charge in [-0.3, -0.25) is 4.79 Å². The Hall–Kier alpha value is -1.55. The van der Waals surface area contributed by atoms with Crippen LogP contribution in [0.2, 0.25) is 0 Å². The lowest BCUT2D eigenvalue weighted by Gasteiger charge is -2.12. The van der Waals surface area contributed by atoms with E-state index in [-0.39, 0.29) is 5.97 Å². The Kier molecular flexibility index (Phi) is 7.73. The second-order valence-corrected chi connectivity index (χ2v) is 4.77. The topological polar surface area (TPSA) is 61.5 Å². The molecule has 0 spiro atoms. The number of ether oxygens (including phenoxy) is 2. The molecule has 0 bridgehead atoms. The minimum Gasteiger partial charge on any atom is -0.494 e. The molecule has 20 heavy (non-hydrogen) atoms. The molecule has 0 heterocycles. The molecule has 0 aliphatic heterocycles. The first-order chi connectivity index (χ1) is 9.67. The molecule has 0 aliphatic rings. The van der Waals surface area contributed by atoms with E-state index < -0.39 is 6.04 Å². The average Bonchev–Trinajstić information content (AvgIpc) is 2.44. The summed E-state index contributed by atoms with van der Waals surface area (Å²) in [5.74, 6) is 0.469. The van der Waals surface area contributed by atoms with Gasteiger partial charge < -0.3 is 15.2 Å². The summed E-state index contributed by atoms with van der Waals surface area (Å²) in [6, 6.07) is 7.10. The van der Waals surface area contributed by atoms with E-state index in [9.17, 15) is 4.79 Å². The fraction of sp³-hybridized carbons (Fsp3) is 0.562. The molecule has 1 rings (SSSR count). The molecule has 1 unspecified atom stereocenters. The molecule has 0 aliphatic carbocycles. The van der Waals surface area contributed by atoms with Crippen LogP contribution in [0.15, 0.2) is 24.3 Å². The molecule has 1 aromatic rings. The number of hydrogen-bond donors (Lipinski definition) is 1. The lowest BCUT2D eigenvalue weighted by Crippen LogP contribution is -2.34. The van der Waals surface area contributed by atoms with Crippen LogP contribution in [0.3, 0.4) is 0 Å². The highest BCUT2D eigenvalue weighted by Crippen LogP contribution is 2.15. The van der Waals surface area contributed by atoms with Crippen molar-refractivity contribution in [2.75, 3.05) is 13.2 Å². The smallest absolute Gasteiger partial charge is 0.323 e. The van der Waals surface area contributed by atoms with Crippen LogP contribution in [0.1, 0.15) is 38.7 Å². The number of unbranched alkanes of at least 4 members (excludes halogenated alkanes) is 2. The van der Waals surface area contributed by atoms with Gasteiger partial charge in [-0.25, -0.2) is 0 Å². The fourth-order valence-corrected chi connectivity index (χ4v) is 1.89. The molecule has 0 radical (unpaired) electrons. The van der Waals surface area contributed by atoms with Crippen molar-refractivity contribution >= 4 is 5.97 Å². The lowest BCUT2D eigenvalue weighted by molar-refractivity contribution is -0.144. The second-order valence-electron chi connectivity index (χ2n) is 4.77. The molecule has 0 saturated carbocycles. The molecule has 0 fully saturated rings. The van der Waals surface area contributed by atoms with Crippen molar-refractivity contribution in [3.8, 4) is 5.75 Å². The van der Waals surface area contributed by atoms with Crippen LogP contribution < -0.4 is 10.5 Å². The number of benzene rings is 1. The third-order valence-electron chi connectivity index (χ3n) is 2.96. The van der Waals surface area contributed by atoms with E-state index in [1.54, 1.807) is 6.92 Å². The van der Waals surface area contributed by atoms with Crippen molar-refractivity contribution in [3.63, 3.8) is 0 Å². The number of carbonyl (C=O) groups excluding carboxylic acids is 1. The summed E-state index contributed by atoms with van der Waals surface area (Å²) in [6.45, 7) is 5.01. The zero-order chi connectivity index (χ0) is 14.8. The number of rotatable bonds is 9. The van der Waals surface area contributed by atoms with E-state index in [2.05, 4.69) is 6.92 Å². The quantitative estimate of drug-likeness (QED) is 0.557. The van der Waals surface area contributed by atoms with Crippen molar-refractivity contribution in [2.24, 2.45) is 5.73 Å². The minimum absolute atomic E-state index is 0.354. The molecule has 112 valence electrons. The van der Waals surface area contributed by atoms with Gasteiger partial charge >= 0.3 is 5.97 Å². The Morgan fingerprint density at radius 3 is 2.80 bits per heavy atom. The van der Waals surface area contributed by atoms with Crippen molar-refractivity contribution in [1.29, 1.82) is 0 Å². The number of nitrogens with two attached hydrogens (primary N) is 1. The van der Waals surface area contributed by atoms with Gasteiger partial charge in [0.15, 0.2) is 0 Å². The van der Waals surface area contributed by atoms with Crippen molar-refractivity contribution in [2.45, 2.75) is 45.6 Å². The highest BCUT2D eigenvalue weighted by atomic mass is 16.5. The largest absolute Gasteiger partial charge is 0.494 e. The summed E-state index contributed by atoms with van der Waals surface area (Å²) in [5, 5.41) is 0. The SMILES string of the molecule is CCCCCOc1cccc(CC(N)C(=O)OCC)c1. The number of hydrogen-bond acceptors (Lipinski definition) is 4. The van der Waals surface area contributed by atoms with Gasteiger partial charge in [-0.1, -0.05) is 31.9 Å². The zero-order valence-corrected chi connectivity index (χ0v) is 12.4. The standard InChI is InChI=1S/C16H25NO3/c1-3-5-6-10-20-14-9-7-8-13(11-14)12-15(17)16(18)19-4-2/h7-9,11,15H,3-6,10,12,17H2,1-2H3. The van der Waals surface area contributed by atoms with E-state index in [4.69, 9.17) is 15.2 Å². The third-order valence-corrected chi connectivity index (χ3v) is 2.96. The molecule has 0 aromatic heterocycles. The van der Waals surface area contributed by atoms with Crippen LogP contribution in [0.4, 0.5) is 0 Å². The Balaban J connectivity index is 2.48. The monoisotopic (exact) mass is 279 g/mol. The molecular weight excluding hydrogens is 254 g/mol. The van der Waals surface area contributed by atoms with Crippen LogP contribution in [0.25, 0.3) is 0 Å². The Labute approximate surface area is 121 Å². The van der Waals surface area contributed by atoms with Gasteiger partial charge in [-0.05, 0) is 37.5 Å². The number of carbonyl (C=O) groups is 1. The summed E-state index contributed by atoms with van der Waals surface area (Å²) in [6.07, 6.45) is 3.87. The van der Waals surface area contributed by atoms with Gasteiger partial charge in [0, 0.05) is 0 Å². The summed E-state index contributed by atoms with van der Waals surface area (Å²) in [5.41, 5.74) is 6.79. The van der Waals surface area contributed by atoms with Crippen molar-refractivity contribution in [3.05, 3.63) is 29.8 Å². The molecule has 4 nitrogen and oxygen atoms in total. The van der Waals surface area contributed by atoms with Gasteiger partial charge in [-0.2, -0.15) is 0 Å². The Morgan fingerprint density at radius 1 is 1.30 bits per heavy atom. The fourth-order valence-electron chi connectivity index (χ4n) is 1.89. The first-order valence-corrected chi connectivity index (χ1v) is 7.31. The summed E-state index contributed by atoms with van der Waals surface area (Å²) >= 11 is 0. The van der Waals surface area contributed by atoms with E-state index in [0.717, 1.165) is 24.3 Å². The predicted molar refractivity (Wildman–Crippen MR) is 79.8 cm³/mol. The molecular formula is C16H25NO3. The van der Waals surface area contributed by atoms with Gasteiger partial charge in [0.05, 0.1) is 13.2 Å². The van der Waals surface area contributed by atoms with Crippen LogP contribution >= 0.6 is 0 Å². The Morgan fingerprint density at radius 2 is 2.10 bits per heavy atom. The summed E-state index contributed by atoms with van der Waals surface area (Å²) < 4.78 is 10.6. The third kappa shape index (κ3) is 6.06. The molecule has 4 heteroatoms. The van der Waals surface area contributed by atoms with Crippen LogP contribution in [-0.4, -0.2) is 25.2 Å². The molecule has 0 amide bonds. The molecule has 0 saturated heterocycles. The Bertz CT molecular complexity index is 406. The lowest BCUT2D eigenvalue weighted by atomic mass is 10.1. The van der Waals surface area contributed by atoms with E-state index >= 15 is 0 Å².